The zero-order chi connectivity index (χ0) is 9.97. The average molecular weight is 184 g/mol. The predicted octanol–water partition coefficient (Wildman–Crippen LogP) is 3.53. The highest BCUT2D eigenvalue weighted by atomic mass is 14.9. The zero-order valence-electron chi connectivity index (χ0n) is 8.12. The van der Waals surface area contributed by atoms with Crippen molar-refractivity contribution in [1.82, 2.24) is 4.98 Å². The highest BCUT2D eigenvalue weighted by Gasteiger charge is 2.05. The molecule has 0 bridgehead atoms. The molecule has 0 radical (unpaired) electrons. The van der Waals surface area contributed by atoms with Crippen molar-refractivity contribution in [3.8, 4) is 0 Å². The minimum Gasteiger partial charge on any atom is -0.339 e. The van der Waals surface area contributed by atoms with Crippen molar-refractivity contribution in [2.24, 2.45) is 4.99 Å². The van der Waals surface area contributed by atoms with Crippen molar-refractivity contribution >= 4 is 29.0 Å². The lowest BCUT2D eigenvalue weighted by Crippen LogP contribution is -1.68. The number of para-hydroxylation sites is 1. The number of aromatic amines is 1. The molecule has 0 unspecified atom stereocenters. The summed E-state index contributed by atoms with van der Waals surface area (Å²) in [5.41, 5.74) is 2.17. The first-order valence-corrected chi connectivity index (χ1v) is 4.58. The molecule has 1 heterocycles. The largest absolute Gasteiger partial charge is 0.339 e. The number of hydrogen-bond donors (Lipinski definition) is 1. The van der Waals surface area contributed by atoms with Gasteiger partial charge in [0.15, 0.2) is 0 Å². The number of rotatable bonds is 2. The summed E-state index contributed by atoms with van der Waals surface area (Å²) in [4.78, 5) is 7.51. The van der Waals surface area contributed by atoms with E-state index in [9.17, 15) is 0 Å². The minimum atomic E-state index is 0.878. The van der Waals surface area contributed by atoms with E-state index in [1.165, 1.54) is 5.39 Å². The van der Waals surface area contributed by atoms with E-state index in [1.54, 1.807) is 6.21 Å². The SMILES string of the molecule is C=Cc1c(N=CC)[nH]c2ccccc12. The molecule has 0 saturated heterocycles. The van der Waals surface area contributed by atoms with E-state index in [-0.39, 0.29) is 0 Å². The summed E-state index contributed by atoms with van der Waals surface area (Å²) < 4.78 is 0. The molecule has 0 saturated carbocycles. The monoisotopic (exact) mass is 184 g/mol. The van der Waals surface area contributed by atoms with Crippen molar-refractivity contribution in [2.75, 3.05) is 0 Å². The van der Waals surface area contributed by atoms with E-state index in [0.29, 0.717) is 0 Å². The number of aromatic nitrogens is 1. The lowest BCUT2D eigenvalue weighted by molar-refractivity contribution is 1.37. The highest BCUT2D eigenvalue weighted by Crippen LogP contribution is 2.28. The van der Waals surface area contributed by atoms with Crippen LogP contribution in [-0.4, -0.2) is 11.2 Å². The molecule has 2 heteroatoms. The van der Waals surface area contributed by atoms with Crippen LogP contribution in [0.5, 0.6) is 0 Å². The van der Waals surface area contributed by atoms with Gasteiger partial charge < -0.3 is 4.98 Å². The molecule has 0 fully saturated rings. The summed E-state index contributed by atoms with van der Waals surface area (Å²) in [7, 11) is 0. The van der Waals surface area contributed by atoms with Crippen LogP contribution in [0.2, 0.25) is 0 Å². The Kier molecular flexibility index (Phi) is 2.19. The number of nitrogens with one attached hydrogen (secondary N) is 1. The van der Waals surface area contributed by atoms with Crippen LogP contribution in [0.1, 0.15) is 12.5 Å². The van der Waals surface area contributed by atoms with Gasteiger partial charge in [-0.05, 0) is 13.0 Å². The fraction of sp³-hybridized carbons (Fsp3) is 0.0833. The molecular formula is C12H12N2. The van der Waals surface area contributed by atoms with Crippen LogP contribution in [0.15, 0.2) is 35.8 Å². The molecule has 1 N–H and O–H groups in total. The summed E-state index contributed by atoms with van der Waals surface area (Å²) >= 11 is 0. The van der Waals surface area contributed by atoms with Crippen molar-refractivity contribution in [3.05, 3.63) is 36.4 Å². The molecule has 0 spiro atoms. The van der Waals surface area contributed by atoms with Gasteiger partial charge >= 0.3 is 0 Å². The van der Waals surface area contributed by atoms with Gasteiger partial charge in [-0.3, -0.25) is 0 Å². The molecule has 0 amide bonds. The predicted molar refractivity (Wildman–Crippen MR) is 62.2 cm³/mol. The first-order valence-electron chi connectivity index (χ1n) is 4.58. The fourth-order valence-corrected chi connectivity index (χ4v) is 1.59. The van der Waals surface area contributed by atoms with E-state index in [4.69, 9.17) is 0 Å². The summed E-state index contributed by atoms with van der Waals surface area (Å²) in [5, 5.41) is 1.17. The summed E-state index contributed by atoms with van der Waals surface area (Å²) in [6.07, 6.45) is 3.61. The molecule has 14 heavy (non-hydrogen) atoms. The smallest absolute Gasteiger partial charge is 0.137 e. The van der Waals surface area contributed by atoms with E-state index in [0.717, 1.165) is 16.9 Å². The third kappa shape index (κ3) is 1.25. The molecule has 0 atom stereocenters. The van der Waals surface area contributed by atoms with Crippen LogP contribution in [0.25, 0.3) is 17.0 Å². The second-order valence-electron chi connectivity index (χ2n) is 3.02. The van der Waals surface area contributed by atoms with Gasteiger partial charge in [-0.1, -0.05) is 30.9 Å². The molecule has 2 rings (SSSR count). The molecule has 1 aromatic heterocycles. The summed E-state index contributed by atoms with van der Waals surface area (Å²) in [5.74, 6) is 0.878. The molecule has 70 valence electrons. The Morgan fingerprint density at radius 1 is 1.36 bits per heavy atom. The topological polar surface area (TPSA) is 28.1 Å². The maximum Gasteiger partial charge on any atom is 0.137 e. The number of aliphatic imine (C=N–C) groups is 1. The van der Waals surface area contributed by atoms with E-state index in [1.807, 2.05) is 31.2 Å². The first-order chi connectivity index (χ1) is 6.86. The second-order valence-corrected chi connectivity index (χ2v) is 3.02. The number of benzene rings is 1. The quantitative estimate of drug-likeness (QED) is 0.691. The van der Waals surface area contributed by atoms with Crippen LogP contribution in [0.4, 0.5) is 5.82 Å². The number of nitrogens with zero attached hydrogens (tertiary/aromatic N) is 1. The molecule has 0 aliphatic heterocycles. The van der Waals surface area contributed by atoms with E-state index >= 15 is 0 Å². The average Bonchev–Trinajstić information content (AvgIpc) is 2.55. The van der Waals surface area contributed by atoms with Gasteiger partial charge in [-0.25, -0.2) is 4.99 Å². The van der Waals surface area contributed by atoms with Gasteiger partial charge in [0.1, 0.15) is 5.82 Å². The molecular weight excluding hydrogens is 172 g/mol. The Hall–Kier alpha value is -1.83. The lowest BCUT2D eigenvalue weighted by atomic mass is 10.1. The third-order valence-electron chi connectivity index (χ3n) is 2.19. The summed E-state index contributed by atoms with van der Waals surface area (Å²) in [6, 6.07) is 8.13. The van der Waals surface area contributed by atoms with Crippen molar-refractivity contribution in [3.63, 3.8) is 0 Å². The molecule has 1 aromatic carbocycles. The van der Waals surface area contributed by atoms with Crippen molar-refractivity contribution in [2.45, 2.75) is 6.92 Å². The van der Waals surface area contributed by atoms with Gasteiger partial charge in [0.05, 0.1) is 0 Å². The van der Waals surface area contributed by atoms with Crippen LogP contribution in [-0.2, 0) is 0 Å². The van der Waals surface area contributed by atoms with Crippen LogP contribution in [0, 0.1) is 0 Å². The van der Waals surface area contributed by atoms with Crippen LogP contribution < -0.4 is 0 Å². The summed E-state index contributed by atoms with van der Waals surface area (Å²) in [6.45, 7) is 5.70. The zero-order valence-corrected chi connectivity index (χ0v) is 8.12. The van der Waals surface area contributed by atoms with Gasteiger partial charge in [-0.2, -0.15) is 0 Å². The van der Waals surface area contributed by atoms with Crippen molar-refractivity contribution < 1.29 is 0 Å². The van der Waals surface area contributed by atoms with Gasteiger partial charge in [0.2, 0.25) is 0 Å². The Balaban J connectivity index is 2.78. The van der Waals surface area contributed by atoms with Crippen LogP contribution >= 0.6 is 0 Å². The fourth-order valence-electron chi connectivity index (χ4n) is 1.59. The van der Waals surface area contributed by atoms with Gasteiger partial charge in [0, 0.05) is 22.7 Å². The minimum absolute atomic E-state index is 0.878. The Morgan fingerprint density at radius 2 is 2.14 bits per heavy atom. The standard InChI is InChI=1S/C12H12N2/c1-3-9-10-7-5-6-8-11(10)14-12(9)13-4-2/h3-8,14H,1H2,2H3. The Labute approximate surface area is 83.0 Å². The van der Waals surface area contributed by atoms with E-state index in [2.05, 4.69) is 22.6 Å². The number of hydrogen-bond acceptors (Lipinski definition) is 1. The molecule has 0 aliphatic carbocycles. The molecule has 0 aliphatic rings. The molecule has 2 aromatic rings. The van der Waals surface area contributed by atoms with E-state index < -0.39 is 0 Å². The normalized spacial score (nSPS) is 11.2. The van der Waals surface area contributed by atoms with Crippen LogP contribution in [0.3, 0.4) is 0 Å². The third-order valence-corrected chi connectivity index (χ3v) is 2.19. The second kappa shape index (κ2) is 3.50. The maximum absolute atomic E-state index is 4.26. The number of H-pyrrole nitrogens is 1. The highest BCUT2D eigenvalue weighted by molar-refractivity contribution is 5.94. The van der Waals surface area contributed by atoms with Gasteiger partial charge in [-0.15, -0.1) is 0 Å². The maximum atomic E-state index is 4.26. The number of fused-ring (bicyclic) bond motifs is 1. The van der Waals surface area contributed by atoms with Crippen molar-refractivity contribution in [1.29, 1.82) is 0 Å². The Bertz CT molecular complexity index is 492. The Morgan fingerprint density at radius 3 is 2.86 bits per heavy atom. The van der Waals surface area contributed by atoms with Gasteiger partial charge in [0.25, 0.3) is 0 Å². The molecule has 2 nitrogen and oxygen atoms in total. The lowest BCUT2D eigenvalue weighted by Gasteiger charge is -1.90. The first kappa shape index (κ1) is 8.75.